The van der Waals surface area contributed by atoms with Crippen molar-refractivity contribution in [2.75, 3.05) is 5.73 Å². The van der Waals surface area contributed by atoms with E-state index in [2.05, 4.69) is 108 Å². The zero-order valence-electron chi connectivity index (χ0n) is 20.3. The summed E-state index contributed by atoms with van der Waals surface area (Å²) < 4.78 is 9.18. The second kappa shape index (κ2) is 8.20. The van der Waals surface area contributed by atoms with Crippen LogP contribution in [0.5, 0.6) is 0 Å². The molecule has 0 atom stereocenters. The number of nitrogens with two attached hydrogens (primary N) is 1. The van der Waals surface area contributed by atoms with Crippen LogP contribution >= 0.6 is 0 Å². The van der Waals surface area contributed by atoms with Gasteiger partial charge in [0.2, 0.25) is 0 Å². The molecular weight excluding hydrogens is 410 g/mol. The second-order valence-corrected chi connectivity index (χ2v) is 15.4. The maximum Gasteiger partial charge on any atom is 0.261 e. The normalized spacial score (nSPS) is 19.6. The van der Waals surface area contributed by atoms with E-state index in [0.717, 1.165) is 24.4 Å². The van der Waals surface area contributed by atoms with E-state index in [1.165, 1.54) is 10.4 Å². The number of anilines is 1. The number of rotatable bonds is 5. The Bertz CT molecular complexity index is 1000. The second-order valence-electron chi connectivity index (χ2n) is 11.1. The predicted octanol–water partition coefficient (Wildman–Crippen LogP) is 5.04. The molecule has 1 aliphatic rings. The minimum atomic E-state index is -2.50. The first-order valence-corrected chi connectivity index (χ1v) is 13.6. The molecule has 1 aliphatic carbocycles. The molecule has 0 aliphatic heterocycles. The molecule has 1 saturated carbocycles. The molecule has 0 saturated heterocycles. The Morgan fingerprint density at radius 2 is 1.38 bits per heavy atom. The largest absolute Gasteiger partial charge is 0.404 e. The lowest BCUT2D eigenvalue weighted by Gasteiger charge is -2.48. The molecular formula is C27H37N3OSi. The van der Waals surface area contributed by atoms with Gasteiger partial charge in [0.25, 0.3) is 8.32 Å². The van der Waals surface area contributed by atoms with Crippen molar-refractivity contribution in [3.05, 3.63) is 72.4 Å². The summed E-state index contributed by atoms with van der Waals surface area (Å²) in [6, 6.07) is 23.8. The van der Waals surface area contributed by atoms with Gasteiger partial charge in [-0.2, -0.15) is 5.10 Å². The summed E-state index contributed by atoms with van der Waals surface area (Å²) in [6.07, 6.45) is 2.21. The van der Waals surface area contributed by atoms with Crippen LogP contribution in [0.2, 0.25) is 5.04 Å². The number of hydrogen-bond acceptors (Lipinski definition) is 3. The molecule has 3 aromatic rings. The Labute approximate surface area is 193 Å². The molecule has 32 heavy (non-hydrogen) atoms. The molecule has 2 N–H and O–H groups in total. The van der Waals surface area contributed by atoms with Gasteiger partial charge in [-0.25, -0.2) is 4.68 Å². The fourth-order valence-electron chi connectivity index (χ4n) is 5.00. The van der Waals surface area contributed by atoms with Crippen molar-refractivity contribution in [1.82, 2.24) is 9.78 Å². The van der Waals surface area contributed by atoms with Crippen LogP contribution in [0.15, 0.2) is 66.7 Å². The quantitative estimate of drug-likeness (QED) is 0.557. The highest BCUT2D eigenvalue weighted by Gasteiger charge is 2.53. The molecule has 1 fully saturated rings. The van der Waals surface area contributed by atoms with E-state index in [0.29, 0.717) is 5.92 Å². The van der Waals surface area contributed by atoms with Crippen molar-refractivity contribution < 1.29 is 4.43 Å². The Kier molecular flexibility index (Phi) is 5.84. The van der Waals surface area contributed by atoms with Gasteiger partial charge in [-0.1, -0.05) is 81.4 Å². The third kappa shape index (κ3) is 4.04. The Morgan fingerprint density at radius 3 is 1.78 bits per heavy atom. The van der Waals surface area contributed by atoms with Gasteiger partial charge in [0, 0.05) is 18.1 Å². The molecule has 0 spiro atoms. The molecule has 1 aromatic heterocycles. The van der Waals surface area contributed by atoms with Crippen molar-refractivity contribution in [1.29, 1.82) is 0 Å². The first-order chi connectivity index (χ1) is 15.0. The van der Waals surface area contributed by atoms with Crippen molar-refractivity contribution >= 4 is 24.5 Å². The van der Waals surface area contributed by atoms with Crippen LogP contribution in [0.1, 0.15) is 66.0 Å². The lowest BCUT2D eigenvalue weighted by molar-refractivity contribution is 0.0865. The van der Waals surface area contributed by atoms with Crippen LogP contribution in [-0.4, -0.2) is 24.2 Å². The third-order valence-electron chi connectivity index (χ3n) is 6.66. The van der Waals surface area contributed by atoms with Crippen molar-refractivity contribution in [2.45, 2.75) is 77.0 Å². The monoisotopic (exact) mass is 447 g/mol. The number of aromatic nitrogens is 2. The SMILES string of the molecule is CC(C)(C)n1nc(C2CC(O[Si](c3ccccc3)(c3ccccc3)C(C)(C)C)C2)cc1N. The smallest absolute Gasteiger partial charge is 0.261 e. The van der Waals surface area contributed by atoms with Gasteiger partial charge in [0.05, 0.1) is 11.2 Å². The van der Waals surface area contributed by atoms with E-state index >= 15 is 0 Å². The number of nitrogen functional groups attached to an aromatic ring is 1. The molecule has 4 nitrogen and oxygen atoms in total. The first kappa shape index (κ1) is 22.8. The van der Waals surface area contributed by atoms with E-state index in [9.17, 15) is 0 Å². The van der Waals surface area contributed by atoms with Crippen LogP contribution in [0.4, 0.5) is 5.82 Å². The highest BCUT2D eigenvalue weighted by Crippen LogP contribution is 2.44. The van der Waals surface area contributed by atoms with E-state index in [4.69, 9.17) is 15.3 Å². The summed E-state index contributed by atoms with van der Waals surface area (Å²) in [5.41, 5.74) is 7.25. The maximum absolute atomic E-state index is 7.24. The standard InChI is InChI=1S/C27H37N3OSi/c1-26(2,3)30-25(28)19-24(29-30)20-17-21(18-20)31-32(27(4,5)6,22-13-9-7-10-14-22)23-15-11-8-12-16-23/h7-16,19-21H,17-18,28H2,1-6H3. The highest BCUT2D eigenvalue weighted by atomic mass is 28.4. The van der Waals surface area contributed by atoms with Gasteiger partial charge in [-0.05, 0) is 49.0 Å². The molecule has 4 rings (SSSR count). The molecule has 0 radical (unpaired) electrons. The van der Waals surface area contributed by atoms with E-state index < -0.39 is 8.32 Å². The van der Waals surface area contributed by atoms with Crippen LogP contribution in [0.25, 0.3) is 0 Å². The van der Waals surface area contributed by atoms with Crippen LogP contribution < -0.4 is 16.1 Å². The topological polar surface area (TPSA) is 53.1 Å². The van der Waals surface area contributed by atoms with Gasteiger partial charge in [-0.3, -0.25) is 0 Å². The summed E-state index contributed by atoms with van der Waals surface area (Å²) in [4.78, 5) is 0. The number of nitrogens with zero attached hydrogens (tertiary/aromatic N) is 2. The van der Waals surface area contributed by atoms with Crippen LogP contribution in [0, 0.1) is 0 Å². The minimum absolute atomic E-state index is 0.000958. The average Bonchev–Trinajstić information content (AvgIpc) is 3.09. The predicted molar refractivity (Wildman–Crippen MR) is 136 cm³/mol. The highest BCUT2D eigenvalue weighted by molar-refractivity contribution is 6.99. The van der Waals surface area contributed by atoms with Gasteiger partial charge in [-0.15, -0.1) is 0 Å². The molecule has 0 bridgehead atoms. The molecule has 0 unspecified atom stereocenters. The van der Waals surface area contributed by atoms with E-state index in [1.807, 2.05) is 4.68 Å². The third-order valence-corrected chi connectivity index (χ3v) is 11.8. The van der Waals surface area contributed by atoms with Gasteiger partial charge in [0.15, 0.2) is 0 Å². The molecule has 1 heterocycles. The zero-order valence-corrected chi connectivity index (χ0v) is 21.3. The van der Waals surface area contributed by atoms with Gasteiger partial charge < -0.3 is 10.2 Å². The molecule has 5 heteroatoms. The van der Waals surface area contributed by atoms with Crippen molar-refractivity contribution in [3.63, 3.8) is 0 Å². The summed E-state index contributed by atoms with van der Waals surface area (Å²) in [5.74, 6) is 1.15. The molecule has 0 amide bonds. The number of benzene rings is 2. The van der Waals surface area contributed by atoms with Crippen LogP contribution in [0.3, 0.4) is 0 Å². The van der Waals surface area contributed by atoms with E-state index in [-0.39, 0.29) is 16.7 Å². The van der Waals surface area contributed by atoms with Crippen molar-refractivity contribution in [3.8, 4) is 0 Å². The summed E-state index contributed by atoms with van der Waals surface area (Å²) in [5, 5.41) is 7.52. The van der Waals surface area contributed by atoms with Crippen molar-refractivity contribution in [2.24, 2.45) is 0 Å². The zero-order chi connectivity index (χ0) is 23.1. The average molecular weight is 448 g/mol. The lowest BCUT2D eigenvalue weighted by atomic mass is 9.80. The molecule has 170 valence electrons. The van der Waals surface area contributed by atoms with Crippen LogP contribution in [-0.2, 0) is 9.96 Å². The fourth-order valence-corrected chi connectivity index (χ4v) is 9.70. The van der Waals surface area contributed by atoms with E-state index in [1.54, 1.807) is 0 Å². The minimum Gasteiger partial charge on any atom is -0.404 e. The first-order valence-electron chi connectivity index (χ1n) is 11.7. The summed E-state index contributed by atoms with van der Waals surface area (Å²) in [6.45, 7) is 13.4. The lowest BCUT2D eigenvalue weighted by Crippen LogP contribution is -2.68. The van der Waals surface area contributed by atoms with Gasteiger partial charge >= 0.3 is 0 Å². The fraction of sp³-hybridized carbons (Fsp3) is 0.444. The van der Waals surface area contributed by atoms with Gasteiger partial charge in [0.1, 0.15) is 5.82 Å². The molecule has 2 aromatic carbocycles. The maximum atomic E-state index is 7.24. The summed E-state index contributed by atoms with van der Waals surface area (Å²) >= 11 is 0. The number of hydrogen-bond donors (Lipinski definition) is 1. The Morgan fingerprint density at radius 1 is 0.875 bits per heavy atom. The Hall–Kier alpha value is -2.37. The summed E-state index contributed by atoms with van der Waals surface area (Å²) in [7, 11) is -2.50. The Balaban J connectivity index is 1.63.